The van der Waals surface area contributed by atoms with Gasteiger partial charge in [0.25, 0.3) is 0 Å². The highest BCUT2D eigenvalue weighted by Crippen LogP contribution is 2.28. The Balaban J connectivity index is 1.60. The Morgan fingerprint density at radius 1 is 0.909 bits per heavy atom. The lowest BCUT2D eigenvalue weighted by Gasteiger charge is -2.35. The second-order valence-electron chi connectivity index (χ2n) is 5.27. The van der Waals surface area contributed by atoms with Gasteiger partial charge in [0.1, 0.15) is 5.75 Å². The molecule has 1 aliphatic rings. The fraction of sp³-hybridized carbons (Fsp3) is 0.278. The van der Waals surface area contributed by atoms with Crippen LogP contribution < -0.4 is 9.64 Å². The number of hydrogen-bond acceptors (Lipinski definition) is 4. The standard InChI is InChI=1S/C18H21N3O/c1-22-18-10-6-5-9-17(18)20-11-13-21(14-12-20)19-15-16-7-3-2-4-8-16/h2-10,15H,11-14H2,1H3/b19-15+. The zero-order chi connectivity index (χ0) is 15.2. The van der Waals surface area contributed by atoms with Gasteiger partial charge in [-0.05, 0) is 17.7 Å². The molecule has 1 aliphatic heterocycles. The van der Waals surface area contributed by atoms with Crippen LogP contribution in [0.1, 0.15) is 5.56 Å². The van der Waals surface area contributed by atoms with E-state index in [0.717, 1.165) is 43.2 Å². The van der Waals surface area contributed by atoms with Gasteiger partial charge in [0.15, 0.2) is 0 Å². The number of para-hydroxylation sites is 2. The number of piperazine rings is 1. The Hall–Kier alpha value is -2.49. The summed E-state index contributed by atoms with van der Waals surface area (Å²) in [6, 6.07) is 18.4. The van der Waals surface area contributed by atoms with E-state index in [4.69, 9.17) is 4.74 Å². The first-order valence-corrected chi connectivity index (χ1v) is 7.59. The summed E-state index contributed by atoms with van der Waals surface area (Å²) in [5.41, 5.74) is 2.30. The minimum absolute atomic E-state index is 0.918. The molecule has 1 fully saturated rings. The lowest BCUT2D eigenvalue weighted by Crippen LogP contribution is -2.44. The van der Waals surface area contributed by atoms with Gasteiger partial charge in [0.05, 0.1) is 32.1 Å². The summed E-state index contributed by atoms with van der Waals surface area (Å²) >= 11 is 0. The monoisotopic (exact) mass is 295 g/mol. The summed E-state index contributed by atoms with van der Waals surface area (Å²) in [5, 5.41) is 6.70. The molecule has 1 heterocycles. The van der Waals surface area contributed by atoms with Crippen LogP contribution in [0.3, 0.4) is 0 Å². The zero-order valence-corrected chi connectivity index (χ0v) is 12.9. The summed E-state index contributed by atoms with van der Waals surface area (Å²) in [6.45, 7) is 3.74. The summed E-state index contributed by atoms with van der Waals surface area (Å²) in [6.07, 6.45) is 1.93. The van der Waals surface area contributed by atoms with Gasteiger partial charge in [-0.25, -0.2) is 0 Å². The van der Waals surface area contributed by atoms with E-state index in [9.17, 15) is 0 Å². The number of rotatable bonds is 4. The van der Waals surface area contributed by atoms with E-state index in [1.54, 1.807) is 7.11 Å². The van der Waals surface area contributed by atoms with Gasteiger partial charge < -0.3 is 9.64 Å². The van der Waals surface area contributed by atoms with Gasteiger partial charge in [0, 0.05) is 13.1 Å². The number of nitrogens with zero attached hydrogens (tertiary/aromatic N) is 3. The lowest BCUT2D eigenvalue weighted by molar-refractivity contribution is 0.271. The van der Waals surface area contributed by atoms with Gasteiger partial charge in [-0.2, -0.15) is 5.10 Å². The maximum Gasteiger partial charge on any atom is 0.142 e. The highest BCUT2D eigenvalue weighted by molar-refractivity contribution is 5.79. The van der Waals surface area contributed by atoms with Crippen LogP contribution >= 0.6 is 0 Å². The summed E-state index contributed by atoms with van der Waals surface area (Å²) in [5.74, 6) is 0.934. The van der Waals surface area contributed by atoms with Crippen molar-refractivity contribution < 1.29 is 4.74 Å². The van der Waals surface area contributed by atoms with Crippen molar-refractivity contribution in [3.63, 3.8) is 0 Å². The van der Waals surface area contributed by atoms with Gasteiger partial charge in [-0.15, -0.1) is 0 Å². The van der Waals surface area contributed by atoms with Crippen LogP contribution in [0.5, 0.6) is 5.75 Å². The van der Waals surface area contributed by atoms with Crippen molar-refractivity contribution in [2.24, 2.45) is 5.10 Å². The van der Waals surface area contributed by atoms with E-state index in [2.05, 4.69) is 39.3 Å². The molecule has 2 aromatic rings. The minimum atomic E-state index is 0.918. The van der Waals surface area contributed by atoms with Gasteiger partial charge in [-0.1, -0.05) is 42.5 Å². The van der Waals surface area contributed by atoms with Crippen molar-refractivity contribution in [2.75, 3.05) is 38.2 Å². The van der Waals surface area contributed by atoms with E-state index in [1.807, 2.05) is 36.5 Å². The molecule has 0 radical (unpaired) electrons. The molecule has 0 N–H and O–H groups in total. The van der Waals surface area contributed by atoms with Crippen LogP contribution in [-0.2, 0) is 0 Å². The number of hydrogen-bond donors (Lipinski definition) is 0. The van der Waals surface area contributed by atoms with E-state index >= 15 is 0 Å². The molecule has 0 aliphatic carbocycles. The molecule has 0 bridgehead atoms. The third kappa shape index (κ3) is 3.39. The van der Waals surface area contributed by atoms with Crippen molar-refractivity contribution in [3.8, 4) is 5.75 Å². The normalized spacial score (nSPS) is 15.3. The Morgan fingerprint density at radius 3 is 2.32 bits per heavy atom. The third-order valence-electron chi connectivity index (χ3n) is 3.85. The second kappa shape index (κ2) is 6.98. The SMILES string of the molecule is COc1ccccc1N1CCN(/N=C/c2ccccc2)CC1. The number of ether oxygens (including phenoxy) is 1. The van der Waals surface area contributed by atoms with Crippen molar-refractivity contribution in [2.45, 2.75) is 0 Å². The van der Waals surface area contributed by atoms with Crippen molar-refractivity contribution in [3.05, 3.63) is 60.2 Å². The van der Waals surface area contributed by atoms with Crippen molar-refractivity contribution >= 4 is 11.9 Å². The molecule has 3 rings (SSSR count). The maximum absolute atomic E-state index is 5.45. The molecular weight excluding hydrogens is 274 g/mol. The van der Waals surface area contributed by atoms with Crippen LogP contribution in [0.15, 0.2) is 59.7 Å². The van der Waals surface area contributed by atoms with Gasteiger partial charge in [0.2, 0.25) is 0 Å². The fourth-order valence-corrected chi connectivity index (χ4v) is 2.63. The largest absolute Gasteiger partial charge is 0.495 e. The van der Waals surface area contributed by atoms with Crippen LogP contribution in [0.2, 0.25) is 0 Å². The molecule has 0 aromatic heterocycles. The first-order valence-electron chi connectivity index (χ1n) is 7.59. The Morgan fingerprint density at radius 2 is 1.59 bits per heavy atom. The van der Waals surface area contributed by atoms with Crippen molar-refractivity contribution in [1.82, 2.24) is 5.01 Å². The van der Waals surface area contributed by atoms with Gasteiger partial charge in [-0.3, -0.25) is 5.01 Å². The average Bonchev–Trinajstić information content (AvgIpc) is 2.61. The summed E-state index contributed by atoms with van der Waals surface area (Å²) in [4.78, 5) is 2.35. The van der Waals surface area contributed by atoms with E-state index in [1.165, 1.54) is 0 Å². The lowest BCUT2D eigenvalue weighted by atomic mass is 10.2. The molecule has 4 heteroatoms. The van der Waals surface area contributed by atoms with Crippen molar-refractivity contribution in [1.29, 1.82) is 0 Å². The van der Waals surface area contributed by atoms with Crippen LogP contribution in [0, 0.1) is 0 Å². The molecule has 22 heavy (non-hydrogen) atoms. The Kier molecular flexibility index (Phi) is 4.59. The van der Waals surface area contributed by atoms with E-state index < -0.39 is 0 Å². The van der Waals surface area contributed by atoms with Crippen LogP contribution in [0.25, 0.3) is 0 Å². The predicted molar refractivity (Wildman–Crippen MR) is 90.8 cm³/mol. The number of methoxy groups -OCH3 is 1. The molecule has 114 valence electrons. The smallest absolute Gasteiger partial charge is 0.142 e. The fourth-order valence-electron chi connectivity index (χ4n) is 2.63. The predicted octanol–water partition coefficient (Wildman–Crippen LogP) is 2.85. The van der Waals surface area contributed by atoms with E-state index in [-0.39, 0.29) is 0 Å². The number of benzene rings is 2. The highest BCUT2D eigenvalue weighted by atomic mass is 16.5. The minimum Gasteiger partial charge on any atom is -0.495 e. The van der Waals surface area contributed by atoms with Crippen LogP contribution in [0.4, 0.5) is 5.69 Å². The molecule has 0 spiro atoms. The molecule has 0 unspecified atom stereocenters. The Labute approximate surface area is 131 Å². The molecule has 2 aromatic carbocycles. The summed E-state index contributed by atoms with van der Waals surface area (Å²) in [7, 11) is 1.72. The molecule has 0 atom stereocenters. The zero-order valence-electron chi connectivity index (χ0n) is 12.9. The number of anilines is 1. The molecule has 1 saturated heterocycles. The Bertz CT molecular complexity index is 619. The molecule has 4 nitrogen and oxygen atoms in total. The second-order valence-corrected chi connectivity index (χ2v) is 5.27. The third-order valence-corrected chi connectivity index (χ3v) is 3.85. The van der Waals surface area contributed by atoms with Crippen LogP contribution in [-0.4, -0.2) is 44.5 Å². The highest BCUT2D eigenvalue weighted by Gasteiger charge is 2.18. The maximum atomic E-state index is 5.45. The summed E-state index contributed by atoms with van der Waals surface area (Å²) < 4.78 is 5.45. The average molecular weight is 295 g/mol. The van der Waals surface area contributed by atoms with E-state index in [0.29, 0.717) is 0 Å². The first-order chi connectivity index (χ1) is 10.9. The molecule has 0 saturated carbocycles. The topological polar surface area (TPSA) is 28.1 Å². The molecular formula is C18H21N3O. The quantitative estimate of drug-likeness (QED) is 0.812. The number of hydrazone groups is 1. The first kappa shape index (κ1) is 14.4. The molecule has 0 amide bonds. The van der Waals surface area contributed by atoms with Gasteiger partial charge >= 0.3 is 0 Å².